The monoisotopic (exact) mass is 358 g/mol. The summed E-state index contributed by atoms with van der Waals surface area (Å²) >= 11 is 1.55. The molecule has 3 rings (SSSR count). The maximum Gasteiger partial charge on any atom is 0.270 e. The Morgan fingerprint density at radius 3 is 2.64 bits per heavy atom. The fourth-order valence-electron chi connectivity index (χ4n) is 3.34. The van der Waals surface area contributed by atoms with Gasteiger partial charge in [-0.05, 0) is 44.2 Å². The zero-order chi connectivity index (χ0) is 17.6. The first-order valence-electron chi connectivity index (χ1n) is 8.93. The summed E-state index contributed by atoms with van der Waals surface area (Å²) in [5.74, 6) is -0.0365. The van der Waals surface area contributed by atoms with Crippen molar-refractivity contribution in [2.45, 2.75) is 37.4 Å². The molecule has 1 aliphatic heterocycles. The van der Waals surface area contributed by atoms with E-state index in [1.807, 2.05) is 41.2 Å². The van der Waals surface area contributed by atoms with E-state index in [0.717, 1.165) is 43.3 Å². The Kier molecular flexibility index (Phi) is 6.15. The third-order valence-corrected chi connectivity index (χ3v) is 5.27. The molecule has 5 nitrogen and oxygen atoms in total. The normalized spacial score (nSPS) is 16.1. The second-order valence-corrected chi connectivity index (χ2v) is 7.16. The van der Waals surface area contributed by atoms with Crippen molar-refractivity contribution in [1.29, 1.82) is 0 Å². The number of imidazole rings is 1. The largest absolute Gasteiger partial charge is 0.348 e. The van der Waals surface area contributed by atoms with Gasteiger partial charge in [0.1, 0.15) is 5.69 Å². The molecule has 0 saturated carbocycles. The molecule has 25 heavy (non-hydrogen) atoms. The van der Waals surface area contributed by atoms with Crippen molar-refractivity contribution in [3.63, 3.8) is 0 Å². The number of carbonyl (C=O) groups is 1. The summed E-state index contributed by atoms with van der Waals surface area (Å²) in [4.78, 5) is 19.7. The number of aromatic nitrogens is 2. The highest BCUT2D eigenvalue weighted by atomic mass is 32.2. The van der Waals surface area contributed by atoms with Crippen LogP contribution in [0.4, 0.5) is 0 Å². The fourth-order valence-corrected chi connectivity index (χ4v) is 3.89. The number of benzene rings is 1. The Labute approximate surface area is 153 Å². The molecule has 1 N–H and O–H groups in total. The summed E-state index contributed by atoms with van der Waals surface area (Å²) in [6, 6.07) is 10.2. The van der Waals surface area contributed by atoms with Gasteiger partial charge in [0.25, 0.3) is 5.91 Å². The highest BCUT2D eigenvalue weighted by molar-refractivity contribution is 7.98. The van der Waals surface area contributed by atoms with E-state index in [0.29, 0.717) is 5.69 Å². The Morgan fingerprint density at radius 2 is 2.00 bits per heavy atom. The van der Waals surface area contributed by atoms with Crippen LogP contribution in [0.5, 0.6) is 0 Å². The quantitative estimate of drug-likeness (QED) is 0.806. The molecule has 1 aromatic heterocycles. The first-order chi connectivity index (χ1) is 12.2. The Hall–Kier alpha value is -1.79. The standard InChI is InChI=1S/C19H26N4OS/c1-3-11-22-12-9-15(10-13-22)21-18(24)17-14-20-19(25-2)23(17)16-7-5-4-6-8-16/h4-8,14-15H,3,9-13H2,1-2H3,(H,21,24). The molecule has 1 amide bonds. The summed E-state index contributed by atoms with van der Waals surface area (Å²) in [5.41, 5.74) is 1.57. The molecule has 6 heteroatoms. The van der Waals surface area contributed by atoms with Crippen LogP contribution in [0, 0.1) is 0 Å². The summed E-state index contributed by atoms with van der Waals surface area (Å²) in [6.45, 7) is 5.49. The van der Waals surface area contributed by atoms with Crippen molar-refractivity contribution >= 4 is 17.7 Å². The molecule has 0 bridgehead atoms. The van der Waals surface area contributed by atoms with E-state index < -0.39 is 0 Å². The summed E-state index contributed by atoms with van der Waals surface area (Å²) in [5, 5.41) is 4.04. The van der Waals surface area contributed by atoms with Crippen molar-refractivity contribution in [3.8, 4) is 5.69 Å². The number of para-hydroxylation sites is 1. The Bertz CT molecular complexity index is 693. The molecule has 1 aromatic carbocycles. The van der Waals surface area contributed by atoms with E-state index in [1.165, 1.54) is 6.42 Å². The smallest absolute Gasteiger partial charge is 0.270 e. The lowest BCUT2D eigenvalue weighted by Gasteiger charge is -2.32. The van der Waals surface area contributed by atoms with Gasteiger partial charge in [0.15, 0.2) is 5.16 Å². The lowest BCUT2D eigenvalue weighted by molar-refractivity contribution is 0.0903. The van der Waals surface area contributed by atoms with Crippen LogP contribution < -0.4 is 5.32 Å². The molecule has 0 radical (unpaired) electrons. The van der Waals surface area contributed by atoms with Crippen LogP contribution in [0.15, 0.2) is 41.7 Å². The van der Waals surface area contributed by atoms with Gasteiger partial charge >= 0.3 is 0 Å². The summed E-state index contributed by atoms with van der Waals surface area (Å²) in [7, 11) is 0. The third-order valence-electron chi connectivity index (χ3n) is 4.62. The van der Waals surface area contributed by atoms with Gasteiger partial charge < -0.3 is 10.2 Å². The lowest BCUT2D eigenvalue weighted by Crippen LogP contribution is -2.45. The molecule has 1 fully saturated rings. The summed E-state index contributed by atoms with van der Waals surface area (Å²) in [6.07, 6.45) is 6.87. The van der Waals surface area contributed by atoms with E-state index in [2.05, 4.69) is 22.1 Å². The van der Waals surface area contributed by atoms with Gasteiger partial charge in [-0.15, -0.1) is 0 Å². The molecular weight excluding hydrogens is 332 g/mol. The van der Waals surface area contributed by atoms with Gasteiger partial charge in [0, 0.05) is 24.8 Å². The SMILES string of the molecule is CCCN1CCC(NC(=O)c2cnc(SC)n2-c2ccccc2)CC1. The average molecular weight is 359 g/mol. The number of piperidine rings is 1. The van der Waals surface area contributed by atoms with Crippen molar-refractivity contribution in [2.24, 2.45) is 0 Å². The molecular formula is C19H26N4OS. The molecule has 2 aromatic rings. The minimum Gasteiger partial charge on any atom is -0.348 e. The first-order valence-corrected chi connectivity index (χ1v) is 10.2. The number of likely N-dealkylation sites (tertiary alicyclic amines) is 1. The highest BCUT2D eigenvalue weighted by Gasteiger charge is 2.23. The molecule has 2 heterocycles. The molecule has 0 unspecified atom stereocenters. The summed E-state index contributed by atoms with van der Waals surface area (Å²) < 4.78 is 1.94. The number of nitrogens with zero attached hydrogens (tertiary/aromatic N) is 3. The minimum atomic E-state index is -0.0365. The maximum absolute atomic E-state index is 12.8. The van der Waals surface area contributed by atoms with E-state index in [1.54, 1.807) is 18.0 Å². The average Bonchev–Trinajstić information content (AvgIpc) is 3.08. The molecule has 0 atom stereocenters. The number of nitrogens with one attached hydrogen (secondary N) is 1. The number of hydrogen-bond donors (Lipinski definition) is 1. The second-order valence-electron chi connectivity index (χ2n) is 6.39. The third kappa shape index (κ3) is 4.25. The van der Waals surface area contributed by atoms with Crippen LogP contribution in [0.1, 0.15) is 36.7 Å². The topological polar surface area (TPSA) is 50.2 Å². The van der Waals surface area contributed by atoms with Crippen LogP contribution in [0.2, 0.25) is 0 Å². The number of carbonyl (C=O) groups excluding carboxylic acids is 1. The maximum atomic E-state index is 12.8. The minimum absolute atomic E-state index is 0.0365. The Morgan fingerprint density at radius 1 is 1.28 bits per heavy atom. The molecule has 1 saturated heterocycles. The fraction of sp³-hybridized carbons (Fsp3) is 0.474. The van der Waals surface area contributed by atoms with Crippen molar-refractivity contribution in [1.82, 2.24) is 19.8 Å². The number of amides is 1. The van der Waals surface area contributed by atoms with E-state index in [4.69, 9.17) is 0 Å². The highest BCUT2D eigenvalue weighted by Crippen LogP contribution is 2.22. The van der Waals surface area contributed by atoms with E-state index >= 15 is 0 Å². The van der Waals surface area contributed by atoms with Crippen LogP contribution in [0.3, 0.4) is 0 Å². The molecule has 0 spiro atoms. The lowest BCUT2D eigenvalue weighted by atomic mass is 10.0. The van der Waals surface area contributed by atoms with Crippen molar-refractivity contribution in [3.05, 3.63) is 42.2 Å². The van der Waals surface area contributed by atoms with Crippen molar-refractivity contribution in [2.75, 3.05) is 25.9 Å². The van der Waals surface area contributed by atoms with Gasteiger partial charge in [0.05, 0.1) is 6.20 Å². The molecule has 1 aliphatic rings. The van der Waals surface area contributed by atoms with E-state index in [-0.39, 0.29) is 11.9 Å². The van der Waals surface area contributed by atoms with Crippen LogP contribution in [-0.2, 0) is 0 Å². The van der Waals surface area contributed by atoms with Crippen molar-refractivity contribution < 1.29 is 4.79 Å². The predicted molar refractivity (Wildman–Crippen MR) is 103 cm³/mol. The van der Waals surface area contributed by atoms with Gasteiger partial charge in [-0.1, -0.05) is 36.9 Å². The molecule has 0 aliphatic carbocycles. The Balaban J connectivity index is 1.72. The van der Waals surface area contributed by atoms with Gasteiger partial charge in [0.2, 0.25) is 0 Å². The second kappa shape index (κ2) is 8.54. The van der Waals surface area contributed by atoms with Crippen LogP contribution >= 0.6 is 11.8 Å². The van der Waals surface area contributed by atoms with Crippen LogP contribution in [-0.4, -0.2) is 52.3 Å². The van der Waals surface area contributed by atoms with Gasteiger partial charge in [-0.25, -0.2) is 4.98 Å². The van der Waals surface area contributed by atoms with Gasteiger partial charge in [-0.2, -0.15) is 0 Å². The first kappa shape index (κ1) is 18.0. The van der Waals surface area contributed by atoms with E-state index in [9.17, 15) is 4.79 Å². The molecule has 134 valence electrons. The number of hydrogen-bond acceptors (Lipinski definition) is 4. The zero-order valence-electron chi connectivity index (χ0n) is 14.9. The van der Waals surface area contributed by atoms with Crippen LogP contribution in [0.25, 0.3) is 5.69 Å². The van der Waals surface area contributed by atoms with Gasteiger partial charge in [-0.3, -0.25) is 9.36 Å². The number of rotatable bonds is 6. The zero-order valence-corrected chi connectivity index (χ0v) is 15.8. The number of thioether (sulfide) groups is 1. The predicted octanol–water partition coefficient (Wildman–Crippen LogP) is 3.20.